The first-order chi connectivity index (χ1) is 43.7. The number of aliphatic hydroxyl groups is 1. The van der Waals surface area contributed by atoms with Crippen LogP contribution in [0, 0.1) is 23.7 Å². The van der Waals surface area contributed by atoms with Gasteiger partial charge in [0.05, 0.1) is 26.4 Å². The van der Waals surface area contributed by atoms with E-state index in [0.717, 1.165) is 120 Å². The normalized spacial score (nSPS) is 14.8. The van der Waals surface area contributed by atoms with Crippen molar-refractivity contribution >= 4 is 39.5 Å². The number of phosphoric ester groups is 2. The predicted octanol–water partition coefficient (Wildman–Crippen LogP) is 20.5. The van der Waals surface area contributed by atoms with E-state index >= 15 is 0 Å². The molecule has 0 saturated heterocycles. The molecule has 0 aromatic rings. The van der Waals surface area contributed by atoms with Gasteiger partial charge in [0.25, 0.3) is 0 Å². The molecule has 17 nitrogen and oxygen atoms in total. The van der Waals surface area contributed by atoms with Gasteiger partial charge in [-0.2, -0.15) is 0 Å². The van der Waals surface area contributed by atoms with E-state index in [0.29, 0.717) is 25.7 Å². The molecule has 0 aromatic heterocycles. The fourth-order valence-electron chi connectivity index (χ4n) is 10.8. The summed E-state index contributed by atoms with van der Waals surface area (Å²) in [7, 11) is -9.91. The summed E-state index contributed by atoms with van der Waals surface area (Å²) < 4.78 is 68.4. The van der Waals surface area contributed by atoms with E-state index in [1.165, 1.54) is 154 Å². The molecule has 540 valence electrons. The monoisotopic (exact) mass is 1340 g/mol. The number of esters is 4. The highest BCUT2D eigenvalue weighted by Crippen LogP contribution is 2.45. The number of unbranched alkanes of at least 4 members (excludes halogenated alkanes) is 33. The van der Waals surface area contributed by atoms with Crippen LogP contribution in [0.2, 0.25) is 0 Å². The average Bonchev–Trinajstić information content (AvgIpc) is 3.29. The van der Waals surface area contributed by atoms with Crippen molar-refractivity contribution in [3.8, 4) is 0 Å². The summed E-state index contributed by atoms with van der Waals surface area (Å²) in [4.78, 5) is 72.6. The Hall–Kier alpha value is -1.94. The molecule has 3 N–H and O–H groups in total. The summed E-state index contributed by atoms with van der Waals surface area (Å²) in [6.07, 6.45) is 44.3. The topological polar surface area (TPSA) is 237 Å². The quantitative estimate of drug-likeness (QED) is 0.0222. The Morgan fingerprint density at radius 1 is 0.308 bits per heavy atom. The van der Waals surface area contributed by atoms with Gasteiger partial charge < -0.3 is 33.8 Å². The Labute approximate surface area is 556 Å². The lowest BCUT2D eigenvalue weighted by Crippen LogP contribution is -2.30. The summed E-state index contributed by atoms with van der Waals surface area (Å²) >= 11 is 0. The van der Waals surface area contributed by atoms with Crippen LogP contribution in [0.25, 0.3) is 0 Å². The van der Waals surface area contributed by atoms with Crippen LogP contribution < -0.4 is 0 Å². The van der Waals surface area contributed by atoms with Crippen LogP contribution in [-0.2, 0) is 65.4 Å². The third-order valence-electron chi connectivity index (χ3n) is 17.3. The SMILES string of the molecule is CCC(C)CCCCCCCCCCCCC(=O)OC[C@H](COP(=O)(O)OC[C@@H](O)COP(=O)(O)OC[C@@H](COC(=O)CCCCCCCCC(C)CC)OC(=O)CCCCCCCCCCCC(C)C)OC(=O)CCCCCCCCCCCCCCC(C)C. The van der Waals surface area contributed by atoms with Crippen molar-refractivity contribution < 1.29 is 80.2 Å². The van der Waals surface area contributed by atoms with E-state index in [-0.39, 0.29) is 25.7 Å². The minimum absolute atomic E-state index is 0.104. The molecule has 0 bridgehead atoms. The number of ether oxygens (including phenoxy) is 4. The minimum atomic E-state index is -4.96. The highest BCUT2D eigenvalue weighted by molar-refractivity contribution is 7.47. The molecule has 0 fully saturated rings. The first kappa shape index (κ1) is 89.1. The van der Waals surface area contributed by atoms with Crippen LogP contribution in [0.3, 0.4) is 0 Å². The van der Waals surface area contributed by atoms with Crippen molar-refractivity contribution in [2.24, 2.45) is 23.7 Å². The van der Waals surface area contributed by atoms with Crippen molar-refractivity contribution in [3.05, 3.63) is 0 Å². The van der Waals surface area contributed by atoms with E-state index in [2.05, 4.69) is 55.4 Å². The van der Waals surface area contributed by atoms with Gasteiger partial charge in [-0.25, -0.2) is 9.13 Å². The van der Waals surface area contributed by atoms with E-state index in [1.54, 1.807) is 0 Å². The molecular formula is C72H140O17P2. The van der Waals surface area contributed by atoms with Gasteiger partial charge >= 0.3 is 39.5 Å². The van der Waals surface area contributed by atoms with Crippen molar-refractivity contribution in [1.82, 2.24) is 0 Å². The van der Waals surface area contributed by atoms with Gasteiger partial charge in [-0.05, 0) is 49.4 Å². The Morgan fingerprint density at radius 2 is 0.527 bits per heavy atom. The van der Waals surface area contributed by atoms with Gasteiger partial charge in [0.2, 0.25) is 0 Å². The first-order valence-electron chi connectivity index (χ1n) is 37.3. The second-order valence-corrected chi connectivity index (χ2v) is 30.3. The first-order valence-corrected chi connectivity index (χ1v) is 40.3. The van der Waals surface area contributed by atoms with Crippen LogP contribution in [0.1, 0.15) is 357 Å². The van der Waals surface area contributed by atoms with Gasteiger partial charge in [0, 0.05) is 25.7 Å². The zero-order valence-corrected chi connectivity index (χ0v) is 61.3. The van der Waals surface area contributed by atoms with Gasteiger partial charge in [-0.3, -0.25) is 37.3 Å². The molecule has 0 spiro atoms. The second kappa shape index (κ2) is 61.6. The fraction of sp³-hybridized carbons (Fsp3) is 0.944. The van der Waals surface area contributed by atoms with E-state index in [4.69, 9.17) is 37.0 Å². The van der Waals surface area contributed by atoms with Gasteiger partial charge in [0.1, 0.15) is 19.3 Å². The number of rotatable bonds is 69. The number of carbonyl (C=O) groups excluding carboxylic acids is 4. The van der Waals surface area contributed by atoms with Crippen LogP contribution in [0.4, 0.5) is 0 Å². The maximum Gasteiger partial charge on any atom is 0.472 e. The van der Waals surface area contributed by atoms with Crippen molar-refractivity contribution in [3.63, 3.8) is 0 Å². The number of hydrogen-bond acceptors (Lipinski definition) is 15. The van der Waals surface area contributed by atoms with E-state index in [1.807, 2.05) is 0 Å². The molecular weight excluding hydrogens is 1200 g/mol. The molecule has 0 aliphatic carbocycles. The van der Waals surface area contributed by atoms with Gasteiger partial charge in [-0.15, -0.1) is 0 Å². The molecule has 0 amide bonds. The van der Waals surface area contributed by atoms with Crippen LogP contribution in [-0.4, -0.2) is 96.7 Å². The molecule has 91 heavy (non-hydrogen) atoms. The number of carbonyl (C=O) groups is 4. The lowest BCUT2D eigenvalue weighted by atomic mass is 9.99. The lowest BCUT2D eigenvalue weighted by Gasteiger charge is -2.21. The Bertz CT molecular complexity index is 1800. The molecule has 4 unspecified atom stereocenters. The van der Waals surface area contributed by atoms with E-state index < -0.39 is 97.5 Å². The van der Waals surface area contributed by atoms with Crippen LogP contribution in [0.15, 0.2) is 0 Å². The third-order valence-corrected chi connectivity index (χ3v) is 19.2. The van der Waals surface area contributed by atoms with Crippen LogP contribution >= 0.6 is 15.6 Å². The van der Waals surface area contributed by atoms with Gasteiger partial charge in [-0.1, -0.05) is 306 Å². The molecule has 0 saturated carbocycles. The molecule has 19 heteroatoms. The largest absolute Gasteiger partial charge is 0.472 e. The summed E-state index contributed by atoms with van der Waals surface area (Å²) in [6, 6.07) is 0. The maximum absolute atomic E-state index is 13.0. The Morgan fingerprint density at radius 3 is 0.780 bits per heavy atom. The molecule has 0 radical (unpaired) electrons. The smallest absolute Gasteiger partial charge is 0.462 e. The summed E-state index contributed by atoms with van der Waals surface area (Å²) in [5, 5.41) is 10.6. The number of aliphatic hydroxyl groups excluding tert-OH is 1. The Balaban J connectivity index is 5.27. The zero-order chi connectivity index (χ0) is 67.5. The fourth-order valence-corrected chi connectivity index (χ4v) is 12.4. The average molecular weight is 1340 g/mol. The van der Waals surface area contributed by atoms with Crippen molar-refractivity contribution in [2.75, 3.05) is 39.6 Å². The van der Waals surface area contributed by atoms with Crippen molar-refractivity contribution in [1.29, 1.82) is 0 Å². The Kier molecular flexibility index (Phi) is 60.3. The third kappa shape index (κ3) is 63.9. The molecule has 0 rings (SSSR count). The van der Waals surface area contributed by atoms with Crippen molar-refractivity contribution in [2.45, 2.75) is 375 Å². The highest BCUT2D eigenvalue weighted by atomic mass is 31.2. The summed E-state index contributed by atoms with van der Waals surface area (Å²) in [5.41, 5.74) is 0. The second-order valence-electron chi connectivity index (χ2n) is 27.4. The molecule has 0 aliphatic heterocycles. The number of phosphoric acid groups is 2. The molecule has 0 heterocycles. The predicted molar refractivity (Wildman–Crippen MR) is 367 cm³/mol. The molecule has 7 atom stereocenters. The summed E-state index contributed by atoms with van der Waals surface area (Å²) in [6.45, 7) is 14.1. The number of hydrogen-bond donors (Lipinski definition) is 3. The lowest BCUT2D eigenvalue weighted by molar-refractivity contribution is -0.161. The maximum atomic E-state index is 13.0. The van der Waals surface area contributed by atoms with E-state index in [9.17, 15) is 43.2 Å². The highest BCUT2D eigenvalue weighted by Gasteiger charge is 2.30. The van der Waals surface area contributed by atoms with Crippen LogP contribution in [0.5, 0.6) is 0 Å². The minimum Gasteiger partial charge on any atom is -0.462 e. The van der Waals surface area contributed by atoms with Gasteiger partial charge in [0.15, 0.2) is 12.2 Å². The molecule has 0 aromatic carbocycles. The zero-order valence-electron chi connectivity index (χ0n) is 59.5. The molecule has 0 aliphatic rings. The standard InChI is InChI=1S/C72H140O17P2/c1-9-64(7)50-42-34-26-20-15-16-21-27-36-44-52-69(74)82-58-67(88-71(76)54-46-38-28-22-14-12-11-13-18-24-32-40-48-62(3)4)60-86-90(78,79)84-56-66(73)57-85-91(80,81)87-61-68(59-83-70(75)53-45-37-31-30-35-43-51-65(8)10-2)89-72(77)55-47-39-29-23-17-19-25-33-41-49-63(5)6/h62-68,73H,9-61H2,1-8H3,(H,78,79)(H,80,81)/t64?,65?,66-,67-,68-/m1/s1. The summed E-state index contributed by atoms with van der Waals surface area (Å²) in [5.74, 6) is 0.926.